The van der Waals surface area contributed by atoms with Crippen LogP contribution in [0.5, 0.6) is 0 Å². The molecule has 0 amide bonds. The lowest BCUT2D eigenvalue weighted by Gasteiger charge is -2.16. The largest absolute Gasteiger partial charge is 0.462 e. The molecule has 1 rings (SSSR count). The van der Waals surface area contributed by atoms with Crippen LogP contribution in [0.3, 0.4) is 0 Å². The van der Waals surface area contributed by atoms with E-state index in [1.807, 2.05) is 38.9 Å². The molecule has 1 aromatic rings. The van der Waals surface area contributed by atoms with Crippen LogP contribution in [0.4, 0.5) is 0 Å². The van der Waals surface area contributed by atoms with Gasteiger partial charge in [0.25, 0.3) is 0 Å². The third kappa shape index (κ3) is 3.53. The first-order chi connectivity index (χ1) is 8.49. The Hall–Kier alpha value is -1.42. The van der Waals surface area contributed by atoms with Gasteiger partial charge in [-0.05, 0) is 46.0 Å². The number of aryl methyl sites for hydroxylation is 2. The number of carbonyl (C=O) groups is 1. The van der Waals surface area contributed by atoms with Gasteiger partial charge >= 0.3 is 5.97 Å². The van der Waals surface area contributed by atoms with Gasteiger partial charge in [0.2, 0.25) is 0 Å². The number of hydrogen-bond donors (Lipinski definition) is 0. The highest BCUT2D eigenvalue weighted by Gasteiger charge is 2.18. The Bertz CT molecular complexity index is 428. The maximum atomic E-state index is 12.0. The topological polar surface area (TPSA) is 42.4 Å². The van der Waals surface area contributed by atoms with Gasteiger partial charge in [-0.3, -0.25) is 4.98 Å². The first-order valence-corrected chi connectivity index (χ1v) is 6.30. The van der Waals surface area contributed by atoms with Crippen LogP contribution in [-0.4, -0.2) is 36.6 Å². The Morgan fingerprint density at radius 3 is 2.56 bits per heavy atom. The lowest BCUT2D eigenvalue weighted by atomic mass is 10.0. The Morgan fingerprint density at radius 2 is 2.06 bits per heavy atom. The van der Waals surface area contributed by atoms with E-state index in [2.05, 4.69) is 11.9 Å². The molecule has 0 spiro atoms. The highest BCUT2D eigenvalue weighted by molar-refractivity contribution is 5.92. The van der Waals surface area contributed by atoms with Crippen molar-refractivity contribution in [3.63, 3.8) is 0 Å². The number of nitrogens with zero attached hydrogens (tertiary/aromatic N) is 2. The van der Waals surface area contributed by atoms with Crippen molar-refractivity contribution >= 4 is 5.97 Å². The van der Waals surface area contributed by atoms with E-state index < -0.39 is 0 Å². The van der Waals surface area contributed by atoms with E-state index >= 15 is 0 Å². The molecule has 0 radical (unpaired) electrons. The molecule has 4 nitrogen and oxygen atoms in total. The smallest absolute Gasteiger partial charge is 0.340 e. The van der Waals surface area contributed by atoms with Gasteiger partial charge in [0.05, 0.1) is 17.9 Å². The second kappa shape index (κ2) is 6.50. The normalized spacial score (nSPS) is 10.8. The molecule has 0 saturated heterocycles. The van der Waals surface area contributed by atoms with Gasteiger partial charge in [-0.15, -0.1) is 0 Å². The fourth-order valence-corrected chi connectivity index (χ4v) is 1.94. The number of hydrogen-bond acceptors (Lipinski definition) is 4. The molecule has 18 heavy (non-hydrogen) atoms. The SMILES string of the molecule is CCOC(=O)c1c(CN(C)C)cc(CC)nc1C. The lowest BCUT2D eigenvalue weighted by Crippen LogP contribution is -2.18. The van der Waals surface area contributed by atoms with Crippen molar-refractivity contribution in [2.75, 3.05) is 20.7 Å². The minimum Gasteiger partial charge on any atom is -0.462 e. The lowest BCUT2D eigenvalue weighted by molar-refractivity contribution is 0.0523. The van der Waals surface area contributed by atoms with Crippen molar-refractivity contribution in [3.05, 3.63) is 28.6 Å². The highest BCUT2D eigenvalue weighted by atomic mass is 16.5. The molecular formula is C14H22N2O2. The number of pyridine rings is 1. The minimum absolute atomic E-state index is 0.276. The second-order valence-electron chi connectivity index (χ2n) is 4.54. The van der Waals surface area contributed by atoms with Gasteiger partial charge in [0.15, 0.2) is 0 Å². The van der Waals surface area contributed by atoms with E-state index in [0.29, 0.717) is 18.7 Å². The summed E-state index contributed by atoms with van der Waals surface area (Å²) in [6, 6.07) is 2.00. The van der Waals surface area contributed by atoms with Crippen LogP contribution >= 0.6 is 0 Å². The summed E-state index contributed by atoms with van der Waals surface area (Å²) in [5.41, 5.74) is 3.37. The van der Waals surface area contributed by atoms with Gasteiger partial charge in [-0.2, -0.15) is 0 Å². The second-order valence-corrected chi connectivity index (χ2v) is 4.54. The van der Waals surface area contributed by atoms with Crippen molar-refractivity contribution in [3.8, 4) is 0 Å². The first-order valence-electron chi connectivity index (χ1n) is 6.30. The third-order valence-electron chi connectivity index (χ3n) is 2.66. The molecule has 0 bridgehead atoms. The Kier molecular flexibility index (Phi) is 5.28. The van der Waals surface area contributed by atoms with Gasteiger partial charge in [0, 0.05) is 12.2 Å². The van der Waals surface area contributed by atoms with Gasteiger partial charge in [0.1, 0.15) is 0 Å². The number of aromatic nitrogens is 1. The molecule has 1 aromatic heterocycles. The van der Waals surface area contributed by atoms with Crippen LogP contribution in [-0.2, 0) is 17.7 Å². The molecule has 100 valence electrons. The zero-order chi connectivity index (χ0) is 13.7. The number of esters is 1. The minimum atomic E-state index is -0.276. The molecule has 0 fully saturated rings. The monoisotopic (exact) mass is 250 g/mol. The molecule has 1 heterocycles. The predicted octanol–water partition coefficient (Wildman–Crippen LogP) is 2.19. The van der Waals surface area contributed by atoms with Gasteiger partial charge in [-0.1, -0.05) is 6.92 Å². The summed E-state index contributed by atoms with van der Waals surface area (Å²) in [5.74, 6) is -0.276. The van der Waals surface area contributed by atoms with E-state index in [-0.39, 0.29) is 5.97 Å². The van der Waals surface area contributed by atoms with E-state index in [4.69, 9.17) is 4.74 Å². The molecule has 0 unspecified atom stereocenters. The molecule has 0 N–H and O–H groups in total. The number of rotatable bonds is 5. The number of carbonyl (C=O) groups excluding carboxylic acids is 1. The molecule has 0 aliphatic rings. The van der Waals surface area contributed by atoms with Crippen LogP contribution in [0.1, 0.15) is 41.2 Å². The summed E-state index contributed by atoms with van der Waals surface area (Å²) in [6.45, 7) is 6.84. The molecule has 0 aromatic carbocycles. The quantitative estimate of drug-likeness (QED) is 0.751. The molecular weight excluding hydrogens is 228 g/mol. The maximum absolute atomic E-state index is 12.0. The van der Waals surface area contributed by atoms with Gasteiger partial charge < -0.3 is 9.64 Å². The maximum Gasteiger partial charge on any atom is 0.340 e. The van der Waals surface area contributed by atoms with Crippen LogP contribution in [0.2, 0.25) is 0 Å². The van der Waals surface area contributed by atoms with Crippen molar-refractivity contribution in [1.82, 2.24) is 9.88 Å². The third-order valence-corrected chi connectivity index (χ3v) is 2.66. The van der Waals surface area contributed by atoms with E-state index in [9.17, 15) is 4.79 Å². The number of ether oxygens (including phenoxy) is 1. The zero-order valence-electron chi connectivity index (χ0n) is 11.9. The summed E-state index contributed by atoms with van der Waals surface area (Å²) in [6.07, 6.45) is 0.865. The van der Waals surface area contributed by atoms with Crippen LogP contribution in [0, 0.1) is 6.92 Å². The highest BCUT2D eigenvalue weighted by Crippen LogP contribution is 2.17. The van der Waals surface area contributed by atoms with Crippen LogP contribution in [0.15, 0.2) is 6.07 Å². The van der Waals surface area contributed by atoms with Crippen LogP contribution in [0.25, 0.3) is 0 Å². The van der Waals surface area contributed by atoms with Crippen LogP contribution < -0.4 is 0 Å². The molecule has 4 heteroatoms. The van der Waals surface area contributed by atoms with Gasteiger partial charge in [-0.25, -0.2) is 4.79 Å². The molecule has 0 atom stereocenters. The average Bonchev–Trinajstić information content (AvgIpc) is 2.27. The standard InChI is InChI=1S/C14H22N2O2/c1-6-12-8-11(9-16(4)5)13(10(3)15-12)14(17)18-7-2/h8H,6-7,9H2,1-5H3. The fourth-order valence-electron chi connectivity index (χ4n) is 1.94. The predicted molar refractivity (Wildman–Crippen MR) is 71.7 cm³/mol. The van der Waals surface area contributed by atoms with Crippen molar-refractivity contribution in [2.45, 2.75) is 33.7 Å². The average molecular weight is 250 g/mol. The zero-order valence-corrected chi connectivity index (χ0v) is 11.9. The van der Waals surface area contributed by atoms with Crippen molar-refractivity contribution < 1.29 is 9.53 Å². The fraction of sp³-hybridized carbons (Fsp3) is 0.571. The summed E-state index contributed by atoms with van der Waals surface area (Å²) < 4.78 is 5.11. The summed E-state index contributed by atoms with van der Waals surface area (Å²) in [7, 11) is 3.96. The Balaban J connectivity index is 3.23. The molecule has 0 saturated carbocycles. The first kappa shape index (κ1) is 14.6. The summed E-state index contributed by atoms with van der Waals surface area (Å²) >= 11 is 0. The Morgan fingerprint density at radius 1 is 1.39 bits per heavy atom. The summed E-state index contributed by atoms with van der Waals surface area (Å²) in [5, 5.41) is 0. The van der Waals surface area contributed by atoms with E-state index in [1.165, 1.54) is 0 Å². The van der Waals surface area contributed by atoms with E-state index in [1.54, 1.807) is 0 Å². The van der Waals surface area contributed by atoms with Crippen molar-refractivity contribution in [2.24, 2.45) is 0 Å². The molecule has 0 aliphatic heterocycles. The van der Waals surface area contributed by atoms with E-state index in [0.717, 1.165) is 23.4 Å². The Labute approximate surface area is 109 Å². The molecule has 0 aliphatic carbocycles. The van der Waals surface area contributed by atoms with Crippen molar-refractivity contribution in [1.29, 1.82) is 0 Å². The summed E-state index contributed by atoms with van der Waals surface area (Å²) in [4.78, 5) is 18.5.